The van der Waals surface area contributed by atoms with Crippen LogP contribution in [-0.4, -0.2) is 29.2 Å². The maximum Gasteiger partial charge on any atom is 0.216 e. The molecule has 2 aromatic rings. The van der Waals surface area contributed by atoms with Gasteiger partial charge in [-0.05, 0) is 18.6 Å². The molecule has 0 spiro atoms. The molecule has 108 valence electrons. The minimum Gasteiger partial charge on any atom is -0.251 e. The smallest absolute Gasteiger partial charge is 0.216 e. The monoisotopic (exact) mass is 314 g/mol. The van der Waals surface area contributed by atoms with Gasteiger partial charge in [0, 0.05) is 11.1 Å². The van der Waals surface area contributed by atoms with Gasteiger partial charge in [0.05, 0.1) is 12.3 Å². The fourth-order valence-electron chi connectivity index (χ4n) is 1.81. The molecule has 0 fully saturated rings. The van der Waals surface area contributed by atoms with Crippen LogP contribution in [-0.2, 0) is 22.3 Å². The zero-order chi connectivity index (χ0) is 14.6. The van der Waals surface area contributed by atoms with E-state index in [2.05, 4.69) is 14.8 Å². The standard InChI is InChI=1S/C12H15ClN4O2S/c1-10(6-17-9-14-8-15-17)16-20(18,19)7-11-4-2-3-5-12(11)13/h2-5,8-10,16H,6-7H2,1H3/t10-/m0/s1. The highest BCUT2D eigenvalue weighted by molar-refractivity contribution is 7.88. The molecule has 8 heteroatoms. The normalized spacial score (nSPS) is 13.3. The number of nitrogens with one attached hydrogen (secondary N) is 1. The molecule has 0 unspecified atom stereocenters. The van der Waals surface area contributed by atoms with Crippen LogP contribution in [0, 0.1) is 0 Å². The van der Waals surface area contributed by atoms with E-state index in [9.17, 15) is 8.42 Å². The van der Waals surface area contributed by atoms with Gasteiger partial charge in [-0.15, -0.1) is 0 Å². The molecule has 1 atom stereocenters. The Morgan fingerprint density at radius 3 is 2.80 bits per heavy atom. The topological polar surface area (TPSA) is 76.9 Å². The first-order chi connectivity index (χ1) is 9.46. The van der Waals surface area contributed by atoms with E-state index in [1.807, 2.05) is 0 Å². The van der Waals surface area contributed by atoms with Crippen molar-refractivity contribution in [1.82, 2.24) is 19.5 Å². The molecular formula is C12H15ClN4O2S. The maximum absolute atomic E-state index is 12.1. The van der Waals surface area contributed by atoms with Gasteiger partial charge in [-0.3, -0.25) is 4.68 Å². The highest BCUT2D eigenvalue weighted by Gasteiger charge is 2.17. The van der Waals surface area contributed by atoms with Crippen LogP contribution in [0.1, 0.15) is 12.5 Å². The predicted octanol–water partition coefficient (Wildman–Crippen LogP) is 1.44. The first-order valence-corrected chi connectivity index (χ1v) is 8.05. The second-order valence-electron chi connectivity index (χ2n) is 4.49. The van der Waals surface area contributed by atoms with Crippen molar-refractivity contribution in [2.24, 2.45) is 0 Å². The van der Waals surface area contributed by atoms with Crippen molar-refractivity contribution in [1.29, 1.82) is 0 Å². The molecule has 0 aliphatic carbocycles. The van der Waals surface area contributed by atoms with Gasteiger partial charge >= 0.3 is 0 Å². The predicted molar refractivity (Wildman–Crippen MR) is 76.7 cm³/mol. The number of benzene rings is 1. The highest BCUT2D eigenvalue weighted by atomic mass is 35.5. The number of hydrogen-bond acceptors (Lipinski definition) is 4. The summed E-state index contributed by atoms with van der Waals surface area (Å²) >= 11 is 5.97. The van der Waals surface area contributed by atoms with Gasteiger partial charge in [0.1, 0.15) is 12.7 Å². The zero-order valence-corrected chi connectivity index (χ0v) is 12.5. The number of aromatic nitrogens is 3. The fraction of sp³-hybridized carbons (Fsp3) is 0.333. The first-order valence-electron chi connectivity index (χ1n) is 6.02. The minimum absolute atomic E-state index is 0.144. The SMILES string of the molecule is C[C@@H](Cn1cncn1)NS(=O)(=O)Cc1ccccc1Cl. The molecule has 1 N–H and O–H groups in total. The minimum atomic E-state index is -3.46. The summed E-state index contributed by atoms with van der Waals surface area (Å²) in [4.78, 5) is 3.81. The van der Waals surface area contributed by atoms with Crippen LogP contribution >= 0.6 is 11.6 Å². The lowest BCUT2D eigenvalue weighted by atomic mass is 10.2. The molecule has 0 saturated carbocycles. The molecule has 0 amide bonds. The quantitative estimate of drug-likeness (QED) is 0.875. The van der Waals surface area contributed by atoms with Crippen molar-refractivity contribution >= 4 is 21.6 Å². The third-order valence-electron chi connectivity index (χ3n) is 2.61. The van der Waals surface area contributed by atoms with Crippen LogP contribution in [0.5, 0.6) is 0 Å². The van der Waals surface area contributed by atoms with E-state index in [1.165, 1.54) is 6.33 Å². The molecule has 2 rings (SSSR count). The molecule has 0 saturated heterocycles. The van der Waals surface area contributed by atoms with Gasteiger partial charge in [-0.2, -0.15) is 5.10 Å². The number of nitrogens with zero attached hydrogens (tertiary/aromatic N) is 3. The molecule has 0 aliphatic rings. The lowest BCUT2D eigenvalue weighted by Crippen LogP contribution is -2.36. The van der Waals surface area contributed by atoms with E-state index in [4.69, 9.17) is 11.6 Å². The summed E-state index contributed by atoms with van der Waals surface area (Å²) in [5, 5.41) is 4.38. The van der Waals surface area contributed by atoms with E-state index in [0.717, 1.165) is 0 Å². The Bertz CT molecular complexity index is 658. The zero-order valence-electron chi connectivity index (χ0n) is 10.9. The van der Waals surface area contributed by atoms with Crippen LogP contribution in [0.4, 0.5) is 0 Å². The van der Waals surface area contributed by atoms with Crippen LogP contribution in [0.15, 0.2) is 36.9 Å². The van der Waals surface area contributed by atoms with Crippen LogP contribution in [0.25, 0.3) is 0 Å². The van der Waals surface area contributed by atoms with Gasteiger partial charge in [-0.1, -0.05) is 29.8 Å². The third kappa shape index (κ3) is 4.29. The van der Waals surface area contributed by atoms with Crippen LogP contribution in [0.3, 0.4) is 0 Å². The average Bonchev–Trinajstić information content (AvgIpc) is 2.83. The van der Waals surface area contributed by atoms with Crippen molar-refractivity contribution in [3.8, 4) is 0 Å². The summed E-state index contributed by atoms with van der Waals surface area (Å²) in [6.07, 6.45) is 2.95. The lowest BCUT2D eigenvalue weighted by Gasteiger charge is -2.14. The van der Waals surface area contributed by atoms with Gasteiger partial charge in [0.15, 0.2) is 0 Å². The van der Waals surface area contributed by atoms with Gasteiger partial charge in [0.25, 0.3) is 0 Å². The summed E-state index contributed by atoms with van der Waals surface area (Å²) < 4.78 is 28.3. The summed E-state index contributed by atoms with van der Waals surface area (Å²) in [6.45, 7) is 2.19. The van der Waals surface area contributed by atoms with E-state index in [0.29, 0.717) is 17.1 Å². The fourth-order valence-corrected chi connectivity index (χ4v) is 3.53. The Balaban J connectivity index is 1.99. The molecule has 0 bridgehead atoms. The van der Waals surface area contributed by atoms with E-state index >= 15 is 0 Å². The second kappa shape index (κ2) is 6.34. The van der Waals surface area contributed by atoms with Gasteiger partial charge in [0.2, 0.25) is 10.0 Å². The van der Waals surface area contributed by atoms with E-state index in [-0.39, 0.29) is 11.8 Å². The van der Waals surface area contributed by atoms with E-state index in [1.54, 1.807) is 42.2 Å². The van der Waals surface area contributed by atoms with Gasteiger partial charge in [-0.25, -0.2) is 18.1 Å². The molecule has 0 radical (unpaired) electrons. The van der Waals surface area contributed by atoms with Gasteiger partial charge < -0.3 is 0 Å². The Labute approximate surface area is 122 Å². The Kier molecular flexibility index (Phi) is 4.74. The Morgan fingerprint density at radius 2 is 2.15 bits per heavy atom. The Hall–Kier alpha value is -1.44. The summed E-state index contributed by atoms with van der Waals surface area (Å²) in [6, 6.07) is 6.60. The largest absolute Gasteiger partial charge is 0.251 e. The molecule has 20 heavy (non-hydrogen) atoms. The molecule has 6 nitrogen and oxygen atoms in total. The lowest BCUT2D eigenvalue weighted by molar-refractivity contribution is 0.493. The summed E-state index contributed by atoms with van der Waals surface area (Å²) in [5.74, 6) is -0.144. The molecule has 1 aromatic heterocycles. The van der Waals surface area contributed by atoms with E-state index < -0.39 is 10.0 Å². The average molecular weight is 315 g/mol. The van der Waals surface area contributed by atoms with Crippen LogP contribution < -0.4 is 4.72 Å². The molecule has 1 aromatic carbocycles. The maximum atomic E-state index is 12.1. The highest BCUT2D eigenvalue weighted by Crippen LogP contribution is 2.17. The molecule has 1 heterocycles. The molecule has 0 aliphatic heterocycles. The third-order valence-corrected chi connectivity index (χ3v) is 4.43. The first kappa shape index (κ1) is 15.0. The molecular weight excluding hydrogens is 300 g/mol. The summed E-state index contributed by atoms with van der Waals surface area (Å²) in [5.41, 5.74) is 0.578. The second-order valence-corrected chi connectivity index (χ2v) is 6.65. The number of halogens is 1. The number of hydrogen-bond donors (Lipinski definition) is 1. The van der Waals surface area contributed by atoms with Crippen molar-refractivity contribution in [3.63, 3.8) is 0 Å². The number of rotatable bonds is 6. The van der Waals surface area contributed by atoms with Crippen molar-refractivity contribution in [2.45, 2.75) is 25.3 Å². The van der Waals surface area contributed by atoms with Crippen LogP contribution in [0.2, 0.25) is 5.02 Å². The van der Waals surface area contributed by atoms with Crippen molar-refractivity contribution in [3.05, 3.63) is 47.5 Å². The van der Waals surface area contributed by atoms with Crippen molar-refractivity contribution < 1.29 is 8.42 Å². The number of sulfonamides is 1. The summed E-state index contributed by atoms with van der Waals surface area (Å²) in [7, 11) is -3.46. The Morgan fingerprint density at radius 1 is 1.40 bits per heavy atom. The van der Waals surface area contributed by atoms with Crippen molar-refractivity contribution in [2.75, 3.05) is 0 Å².